The van der Waals surface area contributed by atoms with E-state index in [0.29, 0.717) is 0 Å². The standard InChI is InChI=1S/Be.ClHO3.2H/c;2-1(3)4;;/h;2H;;/q+2;;2*-1. The molecule has 0 aromatic rings. The van der Waals surface area contributed by atoms with E-state index in [4.69, 9.17) is 14.0 Å². The van der Waals surface area contributed by atoms with Gasteiger partial charge in [0, 0.05) is 4.66 Å². The first-order valence-electron chi connectivity index (χ1n) is 0.478. The summed E-state index contributed by atoms with van der Waals surface area (Å²) in [7, 11) is -2.60. The minimum atomic E-state index is -2.60. The SMILES string of the molecule is [Be+2].[H-].[H-].[O-][Cl+2]([O-])O. The van der Waals surface area contributed by atoms with E-state index in [9.17, 15) is 0 Å². The van der Waals surface area contributed by atoms with Crippen LogP contribution in [0, 0.1) is 10.8 Å². The Kier molecular flexibility index (Phi) is 7.82. The van der Waals surface area contributed by atoms with Crippen molar-refractivity contribution in [2.75, 3.05) is 0 Å². The molecule has 0 aromatic carbocycles. The van der Waals surface area contributed by atoms with Crippen LogP contribution in [0.1, 0.15) is 2.85 Å². The molecule has 0 atom stereocenters. The Balaban J connectivity index is -0.0000000150. The molecule has 0 fully saturated rings. The fourth-order valence-corrected chi connectivity index (χ4v) is 0. The Morgan fingerprint density at radius 2 is 1.60 bits per heavy atom. The molecule has 0 rings (SSSR count). The van der Waals surface area contributed by atoms with Crippen molar-refractivity contribution in [3.8, 4) is 0 Å². The predicted octanol–water partition coefficient (Wildman–Crippen LogP) is -3.09. The maximum absolute atomic E-state index is 8.52. The Labute approximate surface area is 38.8 Å². The van der Waals surface area contributed by atoms with Crippen LogP contribution in [0.4, 0.5) is 0 Å². The summed E-state index contributed by atoms with van der Waals surface area (Å²) in [6.45, 7) is 0. The second-order valence-corrected chi connectivity index (χ2v) is 0.603. The van der Waals surface area contributed by atoms with E-state index in [1.807, 2.05) is 0 Å². The molecule has 0 bridgehead atoms. The van der Waals surface area contributed by atoms with Crippen molar-refractivity contribution in [2.45, 2.75) is 0 Å². The average Bonchev–Trinajstić information content (AvgIpc) is 0.811. The van der Waals surface area contributed by atoms with E-state index in [2.05, 4.69) is 0 Å². The minimum Gasteiger partial charge on any atom is -1.00 e. The molecule has 0 amide bonds. The maximum atomic E-state index is 8.52. The monoisotopic (exact) mass is 95.0 g/mol. The summed E-state index contributed by atoms with van der Waals surface area (Å²) in [6.07, 6.45) is 0. The first kappa shape index (κ1) is 9.02. The van der Waals surface area contributed by atoms with Crippen LogP contribution < -0.4 is 9.32 Å². The van der Waals surface area contributed by atoms with Gasteiger partial charge >= 0.3 is 10.1 Å². The van der Waals surface area contributed by atoms with Crippen LogP contribution in [0.3, 0.4) is 0 Å². The van der Waals surface area contributed by atoms with E-state index in [-0.39, 0.29) is 13.0 Å². The molecule has 0 unspecified atom stereocenters. The summed E-state index contributed by atoms with van der Waals surface area (Å²) in [5.41, 5.74) is 0. The van der Waals surface area contributed by atoms with Gasteiger partial charge in [-0.15, -0.1) is 0 Å². The van der Waals surface area contributed by atoms with Crippen LogP contribution in [0.25, 0.3) is 0 Å². The summed E-state index contributed by atoms with van der Waals surface area (Å²) < 4.78 is 24.0. The molecular weight excluding hydrogens is 92.5 g/mol. The topological polar surface area (TPSA) is 66.3 Å². The summed E-state index contributed by atoms with van der Waals surface area (Å²) in [4.78, 5) is 0. The van der Waals surface area contributed by atoms with Gasteiger partial charge in [0.05, 0.1) is 0 Å². The quantitative estimate of drug-likeness (QED) is 0.324. The fraction of sp³-hybridized carbons (Fsp3) is 0. The van der Waals surface area contributed by atoms with E-state index < -0.39 is 10.8 Å². The second-order valence-electron chi connectivity index (χ2n) is 0.201. The van der Waals surface area contributed by atoms with E-state index in [1.54, 1.807) is 0 Å². The largest absolute Gasteiger partial charge is 2.00 e. The van der Waals surface area contributed by atoms with Gasteiger partial charge in [0.1, 0.15) is 0 Å². The van der Waals surface area contributed by atoms with Crippen LogP contribution >= 0.6 is 0 Å². The van der Waals surface area contributed by atoms with Crippen LogP contribution in [-0.4, -0.2) is 14.8 Å². The summed E-state index contributed by atoms with van der Waals surface area (Å²) >= 11 is 0. The summed E-state index contributed by atoms with van der Waals surface area (Å²) in [5.74, 6) is 0. The molecule has 30 valence electrons. The molecule has 0 aliphatic rings. The van der Waals surface area contributed by atoms with Crippen molar-refractivity contribution in [1.29, 1.82) is 0 Å². The Morgan fingerprint density at radius 3 is 1.60 bits per heavy atom. The molecule has 0 aliphatic heterocycles. The fourth-order valence-electron chi connectivity index (χ4n) is 0. The zero-order chi connectivity index (χ0) is 3.58. The molecule has 0 radical (unpaired) electrons. The van der Waals surface area contributed by atoms with Gasteiger partial charge in [-0.05, 0) is 0 Å². The predicted molar refractivity (Wildman–Crippen MR) is 10.2 cm³/mol. The molecule has 0 saturated carbocycles. The molecule has 0 aromatic heterocycles. The number of hydrogen-bond donors (Lipinski definition) is 1. The Morgan fingerprint density at radius 1 is 1.60 bits per heavy atom. The van der Waals surface area contributed by atoms with Crippen molar-refractivity contribution in [3.05, 3.63) is 0 Å². The molecule has 0 heterocycles. The first-order chi connectivity index (χ1) is 1.73. The zero-order valence-corrected chi connectivity index (χ0v) is 3.10. The third-order valence-electron chi connectivity index (χ3n) is 0. The number of halogens is 1. The summed E-state index contributed by atoms with van der Waals surface area (Å²) in [6, 6.07) is 0. The smallest absolute Gasteiger partial charge is 1.00 e. The Bertz CT molecular complexity index is 17.7. The third kappa shape index (κ3) is 207. The van der Waals surface area contributed by atoms with Crippen LogP contribution in [-0.2, 0) is 0 Å². The van der Waals surface area contributed by atoms with Gasteiger partial charge in [-0.3, -0.25) is 0 Å². The van der Waals surface area contributed by atoms with Crippen molar-refractivity contribution in [1.82, 2.24) is 0 Å². The molecule has 0 spiro atoms. The minimum absolute atomic E-state index is 0. The van der Waals surface area contributed by atoms with Crippen LogP contribution in [0.15, 0.2) is 0 Å². The molecule has 0 aliphatic carbocycles. The van der Waals surface area contributed by atoms with Crippen LogP contribution in [0.2, 0.25) is 0 Å². The van der Waals surface area contributed by atoms with E-state index >= 15 is 0 Å². The van der Waals surface area contributed by atoms with Crippen molar-refractivity contribution < 1.29 is 27.6 Å². The van der Waals surface area contributed by atoms with Gasteiger partial charge in [0.15, 0.2) is 0 Å². The number of hydrogen-bond acceptors (Lipinski definition) is 3. The molecule has 5 heavy (non-hydrogen) atoms. The maximum Gasteiger partial charge on any atom is 2.00 e. The molecule has 3 nitrogen and oxygen atoms in total. The van der Waals surface area contributed by atoms with Gasteiger partial charge in [-0.25, -0.2) is 0 Å². The van der Waals surface area contributed by atoms with Crippen molar-refractivity contribution in [3.63, 3.8) is 0 Å². The van der Waals surface area contributed by atoms with Crippen molar-refractivity contribution in [2.24, 2.45) is 0 Å². The zero-order valence-electron chi connectivity index (χ0n) is 4.35. The van der Waals surface area contributed by atoms with Gasteiger partial charge < -0.3 is 12.2 Å². The summed E-state index contributed by atoms with van der Waals surface area (Å²) in [5, 5.41) is 0. The van der Waals surface area contributed by atoms with Crippen LogP contribution in [0.5, 0.6) is 0 Å². The van der Waals surface area contributed by atoms with Gasteiger partial charge in [0.25, 0.3) is 10.8 Å². The van der Waals surface area contributed by atoms with Gasteiger partial charge in [0.2, 0.25) is 0 Å². The van der Waals surface area contributed by atoms with Gasteiger partial charge in [-0.2, -0.15) is 0 Å². The number of rotatable bonds is 0. The van der Waals surface area contributed by atoms with E-state index in [1.165, 1.54) is 0 Å². The molecule has 1 N–H and O–H groups in total. The average molecular weight is 95.5 g/mol. The van der Waals surface area contributed by atoms with E-state index in [0.717, 1.165) is 0 Å². The second kappa shape index (κ2) is 4.34. The molecule has 0 saturated heterocycles. The normalized spacial score (nSPS) is 7.20. The first-order valence-corrected chi connectivity index (χ1v) is 1.43. The molecular formula is H3BeClO3. The third-order valence-corrected chi connectivity index (χ3v) is 0. The molecule has 5 heteroatoms. The Hall–Kier alpha value is 0.339. The van der Waals surface area contributed by atoms with Gasteiger partial charge in [-0.1, -0.05) is 0 Å². The van der Waals surface area contributed by atoms with Crippen molar-refractivity contribution >= 4 is 10.1 Å².